The van der Waals surface area contributed by atoms with Gasteiger partial charge in [0.2, 0.25) is 11.8 Å². The van der Waals surface area contributed by atoms with Crippen LogP contribution < -0.4 is 19.1 Å². The van der Waals surface area contributed by atoms with E-state index in [0.717, 1.165) is 10.4 Å². The van der Waals surface area contributed by atoms with Crippen molar-refractivity contribution < 1.29 is 32.4 Å². The molecule has 0 aromatic heterocycles. The third-order valence-corrected chi connectivity index (χ3v) is 8.53. The molecule has 0 heterocycles. The normalized spacial score (nSPS) is 12.2. The Hall–Kier alpha value is -4.65. The minimum absolute atomic E-state index is 0.0265. The molecule has 236 valence electrons. The summed E-state index contributed by atoms with van der Waals surface area (Å²) < 4.78 is 39.5. The summed E-state index contributed by atoms with van der Waals surface area (Å²) in [5.74, 6) is -0.104. The number of amides is 2. The lowest BCUT2D eigenvalue weighted by Gasteiger charge is -2.33. The first-order valence-corrected chi connectivity index (χ1v) is 15.2. The number of rotatable bonds is 12. The number of nitrogens with one attached hydrogen (secondary N) is 1. The lowest BCUT2D eigenvalue weighted by molar-refractivity contribution is -0.385. The largest absolute Gasteiger partial charge is 0.497 e. The van der Waals surface area contributed by atoms with Crippen LogP contribution >= 0.6 is 0 Å². The Kier molecular flexibility index (Phi) is 10.6. The number of nitrogens with zero attached hydrogens (tertiary/aromatic N) is 3. The molecule has 0 fully saturated rings. The minimum Gasteiger partial charge on any atom is -0.497 e. The summed E-state index contributed by atoms with van der Waals surface area (Å²) in [4.78, 5) is 39.2. The number of anilines is 1. The average molecular weight is 627 g/mol. The monoisotopic (exact) mass is 626 g/mol. The predicted octanol–water partition coefficient (Wildman–Crippen LogP) is 4.45. The molecule has 1 atom stereocenters. The third-order valence-electron chi connectivity index (χ3n) is 6.76. The van der Waals surface area contributed by atoms with E-state index in [1.54, 1.807) is 31.2 Å². The van der Waals surface area contributed by atoms with E-state index in [9.17, 15) is 28.1 Å². The Balaban J connectivity index is 2.11. The lowest BCUT2D eigenvalue weighted by atomic mass is 10.1. The molecule has 0 radical (unpaired) electrons. The number of ether oxygens (including phenoxy) is 2. The summed E-state index contributed by atoms with van der Waals surface area (Å²) >= 11 is 0. The molecule has 44 heavy (non-hydrogen) atoms. The van der Waals surface area contributed by atoms with Crippen LogP contribution in [0.1, 0.15) is 38.8 Å². The number of carbonyl (C=O) groups is 2. The highest BCUT2D eigenvalue weighted by atomic mass is 32.2. The Bertz CT molecular complexity index is 1620. The third kappa shape index (κ3) is 8.25. The second kappa shape index (κ2) is 13.8. The van der Waals surface area contributed by atoms with E-state index < -0.39 is 44.9 Å². The van der Waals surface area contributed by atoms with Gasteiger partial charge in [-0.3, -0.25) is 24.0 Å². The summed E-state index contributed by atoms with van der Waals surface area (Å²) in [6.07, 6.45) is 0. The molecule has 3 aromatic carbocycles. The molecule has 0 unspecified atom stereocenters. The summed E-state index contributed by atoms with van der Waals surface area (Å²) in [7, 11) is -1.55. The first-order chi connectivity index (χ1) is 20.6. The van der Waals surface area contributed by atoms with E-state index in [0.29, 0.717) is 17.1 Å². The number of hydrogen-bond acceptors (Lipinski definition) is 8. The van der Waals surface area contributed by atoms with Crippen LogP contribution in [0, 0.1) is 17.0 Å². The van der Waals surface area contributed by atoms with E-state index in [2.05, 4.69) is 5.32 Å². The van der Waals surface area contributed by atoms with E-state index in [1.807, 2.05) is 20.8 Å². The van der Waals surface area contributed by atoms with Crippen LogP contribution in [0.5, 0.6) is 11.5 Å². The molecule has 3 rings (SSSR count). The van der Waals surface area contributed by atoms with Crippen LogP contribution in [0.2, 0.25) is 0 Å². The van der Waals surface area contributed by atoms with Crippen molar-refractivity contribution in [1.29, 1.82) is 0 Å². The molecule has 0 saturated heterocycles. The van der Waals surface area contributed by atoms with E-state index in [4.69, 9.17) is 9.47 Å². The van der Waals surface area contributed by atoms with Gasteiger partial charge < -0.3 is 19.7 Å². The summed E-state index contributed by atoms with van der Waals surface area (Å²) in [6, 6.07) is 15.5. The van der Waals surface area contributed by atoms with Crippen molar-refractivity contribution in [3.05, 3.63) is 88.0 Å². The summed E-state index contributed by atoms with van der Waals surface area (Å²) in [6.45, 7) is 7.77. The van der Waals surface area contributed by atoms with Crippen molar-refractivity contribution in [2.45, 2.75) is 57.6 Å². The molecule has 0 spiro atoms. The van der Waals surface area contributed by atoms with E-state index >= 15 is 0 Å². The fourth-order valence-corrected chi connectivity index (χ4v) is 5.81. The zero-order valence-electron chi connectivity index (χ0n) is 25.9. The van der Waals surface area contributed by atoms with Crippen LogP contribution in [0.4, 0.5) is 11.4 Å². The second-order valence-corrected chi connectivity index (χ2v) is 13.1. The zero-order chi connectivity index (χ0) is 32.8. The average Bonchev–Trinajstić information content (AvgIpc) is 2.97. The maximum absolute atomic E-state index is 14.1. The van der Waals surface area contributed by atoms with Crippen LogP contribution in [-0.2, 0) is 26.2 Å². The standard InChI is InChI=1S/C31H38N4O8S/c1-21-11-16-27(18-28(21)35(38)39)44(40,41)34(24-12-14-25(42-6)15-13-24)20-29(36)33(22(2)30(37)32-31(3,4)5)19-23-9-8-10-26(17-23)43-7/h8-18,22H,19-20H2,1-7H3,(H,32,37)/t22-/m1/s1. The molecule has 2 amide bonds. The number of methoxy groups -OCH3 is 2. The quantitative estimate of drug-likeness (QED) is 0.229. The first kappa shape index (κ1) is 33.8. The van der Waals surface area contributed by atoms with Gasteiger partial charge in [0, 0.05) is 23.7 Å². The number of sulfonamides is 1. The van der Waals surface area contributed by atoms with Crippen molar-refractivity contribution in [1.82, 2.24) is 10.2 Å². The molecule has 1 N–H and O–H groups in total. The minimum atomic E-state index is -4.51. The maximum Gasteiger partial charge on any atom is 0.273 e. The van der Waals surface area contributed by atoms with Gasteiger partial charge in [-0.15, -0.1) is 0 Å². The molecule has 3 aromatic rings. The Morgan fingerprint density at radius 1 is 0.977 bits per heavy atom. The van der Waals surface area contributed by atoms with Crippen molar-refractivity contribution >= 4 is 33.2 Å². The number of carbonyl (C=O) groups excluding carboxylic acids is 2. The van der Waals surface area contributed by atoms with Gasteiger partial charge in [0.15, 0.2) is 0 Å². The SMILES string of the molecule is COc1ccc(N(CC(=O)N(Cc2cccc(OC)c2)[C@H](C)C(=O)NC(C)(C)C)S(=O)(=O)c2ccc(C)c([N+](=O)[O-])c2)cc1. The highest BCUT2D eigenvalue weighted by molar-refractivity contribution is 7.92. The van der Waals surface area contributed by atoms with Crippen molar-refractivity contribution in [3.8, 4) is 11.5 Å². The van der Waals surface area contributed by atoms with Crippen LogP contribution in [0.25, 0.3) is 0 Å². The topological polar surface area (TPSA) is 148 Å². The van der Waals surface area contributed by atoms with Crippen LogP contribution in [0.15, 0.2) is 71.6 Å². The summed E-state index contributed by atoms with van der Waals surface area (Å²) in [5.41, 5.74) is 0.0919. The molecule has 13 heteroatoms. The first-order valence-electron chi connectivity index (χ1n) is 13.7. The molecule has 0 bridgehead atoms. The van der Waals surface area contributed by atoms with Gasteiger partial charge in [-0.05, 0) is 82.6 Å². The maximum atomic E-state index is 14.1. The van der Waals surface area contributed by atoms with Crippen LogP contribution in [-0.4, -0.2) is 62.4 Å². The van der Waals surface area contributed by atoms with E-state index in [1.165, 1.54) is 62.4 Å². The smallest absolute Gasteiger partial charge is 0.273 e. The number of aryl methyl sites for hydroxylation is 1. The van der Waals surface area contributed by atoms with Crippen molar-refractivity contribution in [2.75, 3.05) is 25.1 Å². The van der Waals surface area contributed by atoms with Gasteiger partial charge in [0.25, 0.3) is 15.7 Å². The number of nitro groups is 1. The molecular weight excluding hydrogens is 588 g/mol. The summed E-state index contributed by atoms with van der Waals surface area (Å²) in [5, 5.41) is 14.5. The zero-order valence-corrected chi connectivity index (χ0v) is 26.7. The Morgan fingerprint density at radius 3 is 2.18 bits per heavy atom. The second-order valence-electron chi connectivity index (χ2n) is 11.2. The molecule has 0 saturated carbocycles. The fraction of sp³-hybridized carbons (Fsp3) is 0.355. The van der Waals surface area contributed by atoms with Crippen LogP contribution in [0.3, 0.4) is 0 Å². The molecule has 0 aliphatic rings. The van der Waals surface area contributed by atoms with Crippen molar-refractivity contribution in [2.24, 2.45) is 0 Å². The lowest BCUT2D eigenvalue weighted by Crippen LogP contribution is -2.54. The number of hydrogen-bond donors (Lipinski definition) is 1. The van der Waals surface area contributed by atoms with Gasteiger partial charge in [-0.1, -0.05) is 18.2 Å². The predicted molar refractivity (Wildman–Crippen MR) is 166 cm³/mol. The van der Waals surface area contributed by atoms with E-state index in [-0.39, 0.29) is 28.4 Å². The fourth-order valence-electron chi connectivity index (χ4n) is 4.37. The van der Waals surface area contributed by atoms with Crippen molar-refractivity contribution in [3.63, 3.8) is 0 Å². The highest BCUT2D eigenvalue weighted by Crippen LogP contribution is 2.29. The van der Waals surface area contributed by atoms with Gasteiger partial charge in [-0.25, -0.2) is 8.42 Å². The Labute approximate surface area is 257 Å². The molecule has 0 aliphatic carbocycles. The Morgan fingerprint density at radius 2 is 1.61 bits per heavy atom. The number of benzene rings is 3. The van der Waals surface area contributed by atoms with Gasteiger partial charge in [-0.2, -0.15) is 0 Å². The van der Waals surface area contributed by atoms with Gasteiger partial charge in [0.1, 0.15) is 24.1 Å². The number of nitro benzene ring substituents is 1. The van der Waals surface area contributed by atoms with Gasteiger partial charge >= 0.3 is 0 Å². The molecular formula is C31H38N4O8S. The van der Waals surface area contributed by atoms with Gasteiger partial charge in [0.05, 0.1) is 29.7 Å². The highest BCUT2D eigenvalue weighted by Gasteiger charge is 2.34. The molecule has 12 nitrogen and oxygen atoms in total. The molecule has 0 aliphatic heterocycles.